The molecule has 0 saturated heterocycles. The Balaban J connectivity index is 2.05. The molecular weight excluding hydrogens is 394 g/mol. The van der Waals surface area contributed by atoms with E-state index in [0.29, 0.717) is 0 Å². The first-order chi connectivity index (χ1) is 10.3. The molecule has 22 heavy (non-hydrogen) atoms. The van der Waals surface area contributed by atoms with Crippen LogP contribution in [0.25, 0.3) is 0 Å². The van der Waals surface area contributed by atoms with Crippen molar-refractivity contribution in [2.45, 2.75) is 47.4 Å². The summed E-state index contributed by atoms with van der Waals surface area (Å²) < 4.78 is 2.36. The van der Waals surface area contributed by atoms with Crippen LogP contribution in [-0.4, -0.2) is 18.6 Å². The first-order valence-corrected chi connectivity index (χ1v) is 15.6. The minimum absolute atomic E-state index is 0.185. The molecule has 0 aliphatic rings. The van der Waals surface area contributed by atoms with Crippen LogP contribution in [0, 0.1) is 0 Å². The van der Waals surface area contributed by atoms with Gasteiger partial charge in [-0.15, -0.1) is 0 Å². The molecule has 0 aromatic heterocycles. The standard InChI is InChI=1S/2C10H13.ClH.Sn/c2*1-10(2,3)9-7-5-4-6-8-9;;/h2*4-8H,1H2,2-3H3;1H;/q;;;+1/p-1. The van der Waals surface area contributed by atoms with E-state index in [4.69, 9.17) is 8.92 Å². The molecule has 0 amide bonds. The van der Waals surface area contributed by atoms with Gasteiger partial charge in [0, 0.05) is 0 Å². The van der Waals surface area contributed by atoms with Crippen molar-refractivity contribution in [2.24, 2.45) is 0 Å². The SMILES string of the molecule is CC(C)([CH2][Sn]([Cl])[CH2]C(C)(C)c1ccccc1)c1ccccc1. The van der Waals surface area contributed by atoms with Crippen molar-refractivity contribution in [3.8, 4) is 0 Å². The molecule has 0 fully saturated rings. The summed E-state index contributed by atoms with van der Waals surface area (Å²) in [6, 6.07) is 21.6. The fraction of sp³-hybridized carbons (Fsp3) is 0.400. The van der Waals surface area contributed by atoms with Crippen LogP contribution in [0.4, 0.5) is 0 Å². The van der Waals surface area contributed by atoms with Gasteiger partial charge < -0.3 is 0 Å². The Labute approximate surface area is 146 Å². The van der Waals surface area contributed by atoms with Crippen LogP contribution < -0.4 is 0 Å². The van der Waals surface area contributed by atoms with Crippen LogP contribution in [0.5, 0.6) is 0 Å². The molecule has 0 unspecified atom stereocenters. The second-order valence-corrected chi connectivity index (χ2v) is 15.9. The number of benzene rings is 2. The third-order valence-corrected chi connectivity index (χ3v) is 13.4. The second-order valence-electron chi connectivity index (χ2n) is 7.37. The van der Waals surface area contributed by atoms with E-state index in [1.54, 1.807) is 0 Å². The zero-order valence-electron chi connectivity index (χ0n) is 14.1. The van der Waals surface area contributed by atoms with E-state index >= 15 is 0 Å². The van der Waals surface area contributed by atoms with Gasteiger partial charge in [-0.3, -0.25) is 0 Å². The summed E-state index contributed by atoms with van der Waals surface area (Å²) >= 11 is -1.93. The van der Waals surface area contributed by atoms with Gasteiger partial charge in [0.15, 0.2) is 0 Å². The fourth-order valence-corrected chi connectivity index (χ4v) is 14.5. The van der Waals surface area contributed by atoms with Crippen molar-refractivity contribution < 1.29 is 0 Å². The van der Waals surface area contributed by atoms with Gasteiger partial charge in [0.05, 0.1) is 0 Å². The van der Waals surface area contributed by atoms with Gasteiger partial charge >= 0.3 is 147 Å². The monoisotopic (exact) mass is 421 g/mol. The molecule has 2 rings (SSSR count). The molecule has 2 aromatic carbocycles. The zero-order valence-corrected chi connectivity index (χ0v) is 17.7. The normalized spacial score (nSPS) is 12.6. The summed E-state index contributed by atoms with van der Waals surface area (Å²) in [5.74, 6) is 0. The Kier molecular flexibility index (Phi) is 6.01. The van der Waals surface area contributed by atoms with E-state index in [0.717, 1.165) is 0 Å². The third-order valence-electron chi connectivity index (χ3n) is 4.38. The van der Waals surface area contributed by atoms with Gasteiger partial charge in [-0.2, -0.15) is 0 Å². The third kappa shape index (κ3) is 4.76. The van der Waals surface area contributed by atoms with Crippen LogP contribution in [0.2, 0.25) is 8.87 Å². The van der Waals surface area contributed by atoms with Crippen molar-refractivity contribution in [1.82, 2.24) is 0 Å². The summed E-state index contributed by atoms with van der Waals surface area (Å²) in [5, 5.41) is 0. The second kappa shape index (κ2) is 7.40. The van der Waals surface area contributed by atoms with Crippen molar-refractivity contribution >= 4 is 27.6 Å². The average Bonchev–Trinajstić information content (AvgIpc) is 2.48. The van der Waals surface area contributed by atoms with E-state index < -0.39 is 18.6 Å². The molecule has 0 spiro atoms. The summed E-state index contributed by atoms with van der Waals surface area (Å²) in [5.41, 5.74) is 3.19. The Morgan fingerprint density at radius 1 is 0.682 bits per heavy atom. The molecule has 0 heterocycles. The molecule has 0 bridgehead atoms. The fourth-order valence-electron chi connectivity index (χ4n) is 3.00. The molecule has 117 valence electrons. The van der Waals surface area contributed by atoms with Crippen LogP contribution in [0.15, 0.2) is 60.7 Å². The molecule has 2 heteroatoms. The molecule has 0 atom stereocenters. The van der Waals surface area contributed by atoms with Gasteiger partial charge in [-0.05, 0) is 0 Å². The zero-order chi connectivity index (χ0) is 16.2. The van der Waals surface area contributed by atoms with E-state index in [-0.39, 0.29) is 10.8 Å². The minimum atomic E-state index is -1.93. The van der Waals surface area contributed by atoms with Crippen LogP contribution in [0.3, 0.4) is 0 Å². The molecular formula is C20H26ClSn. The van der Waals surface area contributed by atoms with Crippen molar-refractivity contribution in [2.75, 3.05) is 0 Å². The predicted molar refractivity (Wildman–Crippen MR) is 100 cm³/mol. The number of rotatable bonds is 6. The molecule has 0 N–H and O–H groups in total. The number of hydrogen-bond acceptors (Lipinski definition) is 0. The first kappa shape index (κ1) is 17.9. The molecule has 0 aliphatic heterocycles. The van der Waals surface area contributed by atoms with Crippen LogP contribution in [-0.2, 0) is 10.8 Å². The Morgan fingerprint density at radius 3 is 1.32 bits per heavy atom. The summed E-state index contributed by atoms with van der Waals surface area (Å²) in [6.45, 7) is 9.34. The maximum atomic E-state index is 6.95. The van der Waals surface area contributed by atoms with Crippen LogP contribution in [0.1, 0.15) is 38.8 Å². The van der Waals surface area contributed by atoms with Gasteiger partial charge in [-0.1, -0.05) is 0 Å². The van der Waals surface area contributed by atoms with Gasteiger partial charge in [0.25, 0.3) is 0 Å². The number of halogens is 1. The van der Waals surface area contributed by atoms with E-state index in [1.807, 2.05) is 0 Å². The quantitative estimate of drug-likeness (QED) is 0.490. The predicted octanol–water partition coefficient (Wildman–Crippen LogP) is 6.17. The van der Waals surface area contributed by atoms with Crippen molar-refractivity contribution in [3.63, 3.8) is 0 Å². The summed E-state index contributed by atoms with van der Waals surface area (Å²) in [7, 11) is 6.95. The van der Waals surface area contributed by atoms with Crippen LogP contribution >= 0.6 is 8.92 Å². The summed E-state index contributed by atoms with van der Waals surface area (Å²) in [6.07, 6.45) is 0. The first-order valence-electron chi connectivity index (χ1n) is 7.92. The van der Waals surface area contributed by atoms with Gasteiger partial charge in [0.2, 0.25) is 0 Å². The van der Waals surface area contributed by atoms with Crippen molar-refractivity contribution in [3.05, 3.63) is 71.8 Å². The topological polar surface area (TPSA) is 0 Å². The summed E-state index contributed by atoms with van der Waals surface area (Å²) in [4.78, 5) is 0. The van der Waals surface area contributed by atoms with Gasteiger partial charge in [-0.25, -0.2) is 0 Å². The Hall–Kier alpha value is -0.471. The van der Waals surface area contributed by atoms with E-state index in [9.17, 15) is 0 Å². The Bertz CT molecular complexity index is 522. The maximum absolute atomic E-state index is 6.95. The van der Waals surface area contributed by atoms with Crippen molar-refractivity contribution in [1.29, 1.82) is 0 Å². The molecule has 0 aliphatic carbocycles. The molecule has 0 nitrogen and oxygen atoms in total. The average molecular weight is 421 g/mol. The van der Waals surface area contributed by atoms with Gasteiger partial charge in [0.1, 0.15) is 0 Å². The van der Waals surface area contributed by atoms with E-state index in [1.165, 1.54) is 20.0 Å². The van der Waals surface area contributed by atoms with E-state index in [2.05, 4.69) is 88.4 Å². The Morgan fingerprint density at radius 2 is 1.00 bits per heavy atom. The molecule has 1 radical (unpaired) electrons. The number of hydrogen-bond donors (Lipinski definition) is 0. The molecule has 0 saturated carbocycles. The molecule has 2 aromatic rings.